The summed E-state index contributed by atoms with van der Waals surface area (Å²) in [6.45, 7) is 2.69. The van der Waals surface area contributed by atoms with Crippen LogP contribution in [0.5, 0.6) is 5.75 Å². The van der Waals surface area contributed by atoms with Crippen LogP contribution in [0.25, 0.3) is 22.2 Å². The van der Waals surface area contributed by atoms with Crippen molar-refractivity contribution in [2.75, 3.05) is 20.3 Å². The Morgan fingerprint density at radius 2 is 1.86 bits per heavy atom. The van der Waals surface area contributed by atoms with E-state index in [-0.39, 0.29) is 18.5 Å². The molecule has 0 saturated heterocycles. The van der Waals surface area contributed by atoms with Crippen LogP contribution in [0.4, 0.5) is 17.6 Å². The highest BCUT2D eigenvalue weighted by atomic mass is 19.4. The lowest BCUT2D eigenvalue weighted by molar-refractivity contribution is -0.139. The number of methoxy groups -OCH3 is 1. The van der Waals surface area contributed by atoms with Gasteiger partial charge in [-0.15, -0.1) is 0 Å². The first-order valence-corrected chi connectivity index (χ1v) is 8.81. The van der Waals surface area contributed by atoms with Crippen molar-refractivity contribution < 1.29 is 27.0 Å². The zero-order chi connectivity index (χ0) is 21.2. The number of alkyl halides is 3. The molecule has 2 aromatic carbocycles. The van der Waals surface area contributed by atoms with Gasteiger partial charge in [-0.1, -0.05) is 12.1 Å². The molecule has 3 rings (SSSR count). The third kappa shape index (κ3) is 3.95. The molecule has 5 nitrogen and oxygen atoms in total. The fraction of sp³-hybridized carbons (Fsp3) is 0.300. The van der Waals surface area contributed by atoms with E-state index >= 15 is 0 Å². The normalized spacial score (nSPS) is 11.8. The van der Waals surface area contributed by atoms with E-state index in [0.29, 0.717) is 23.9 Å². The molecular formula is C20H18F4N2O3. The van der Waals surface area contributed by atoms with E-state index in [1.54, 1.807) is 19.1 Å². The Labute approximate surface area is 163 Å². The molecular weight excluding hydrogens is 392 g/mol. The van der Waals surface area contributed by atoms with E-state index in [0.717, 1.165) is 12.1 Å². The van der Waals surface area contributed by atoms with Gasteiger partial charge in [0.25, 0.3) is 0 Å². The average molecular weight is 410 g/mol. The van der Waals surface area contributed by atoms with E-state index in [9.17, 15) is 22.4 Å². The molecule has 9 heteroatoms. The van der Waals surface area contributed by atoms with Gasteiger partial charge in [-0.3, -0.25) is 9.48 Å². The van der Waals surface area contributed by atoms with Crippen molar-refractivity contribution in [3.05, 3.63) is 58.0 Å². The Hall–Kier alpha value is -2.94. The van der Waals surface area contributed by atoms with Crippen molar-refractivity contribution in [1.82, 2.24) is 9.78 Å². The van der Waals surface area contributed by atoms with Crippen molar-refractivity contribution >= 4 is 10.9 Å². The lowest BCUT2D eigenvalue weighted by Gasteiger charge is -2.16. The molecule has 0 unspecified atom stereocenters. The fourth-order valence-corrected chi connectivity index (χ4v) is 3.05. The summed E-state index contributed by atoms with van der Waals surface area (Å²) in [5.41, 5.74) is -2.71. The molecule has 0 N–H and O–H groups in total. The van der Waals surface area contributed by atoms with Crippen LogP contribution in [0.15, 0.2) is 41.2 Å². The number of nitrogens with zero attached hydrogens (tertiary/aromatic N) is 2. The molecule has 1 aromatic heterocycles. The minimum absolute atomic E-state index is 0.155. The lowest BCUT2D eigenvalue weighted by Crippen LogP contribution is -2.20. The molecule has 0 amide bonds. The Morgan fingerprint density at radius 1 is 1.14 bits per heavy atom. The predicted octanol–water partition coefficient (Wildman–Crippen LogP) is 4.27. The maximum Gasteiger partial charge on any atom is 0.419 e. The number of hydrogen-bond acceptors (Lipinski definition) is 4. The van der Waals surface area contributed by atoms with Crippen LogP contribution in [0.2, 0.25) is 0 Å². The fourth-order valence-electron chi connectivity index (χ4n) is 3.05. The van der Waals surface area contributed by atoms with Crippen LogP contribution < -0.4 is 10.2 Å². The van der Waals surface area contributed by atoms with Crippen LogP contribution in [0.3, 0.4) is 0 Å². The molecule has 0 aliphatic heterocycles. The monoisotopic (exact) mass is 410 g/mol. The molecule has 0 radical (unpaired) electrons. The van der Waals surface area contributed by atoms with Gasteiger partial charge in [0.1, 0.15) is 22.8 Å². The number of halogens is 4. The zero-order valence-corrected chi connectivity index (χ0v) is 15.7. The number of benzene rings is 2. The molecule has 0 aliphatic carbocycles. The number of hydrogen-bond donors (Lipinski definition) is 0. The van der Waals surface area contributed by atoms with E-state index in [1.807, 2.05) is 0 Å². The highest BCUT2D eigenvalue weighted by molar-refractivity contribution is 5.87. The van der Waals surface area contributed by atoms with Crippen molar-refractivity contribution in [3.8, 4) is 17.0 Å². The number of aromatic nitrogens is 2. The van der Waals surface area contributed by atoms with Crippen molar-refractivity contribution in [1.29, 1.82) is 0 Å². The number of rotatable bonds is 6. The van der Waals surface area contributed by atoms with Crippen LogP contribution in [-0.4, -0.2) is 30.1 Å². The highest BCUT2D eigenvalue weighted by Gasteiger charge is 2.35. The molecule has 0 saturated carbocycles. The van der Waals surface area contributed by atoms with Crippen molar-refractivity contribution in [2.24, 2.45) is 0 Å². The van der Waals surface area contributed by atoms with Crippen LogP contribution >= 0.6 is 0 Å². The third-order valence-corrected chi connectivity index (χ3v) is 4.37. The van der Waals surface area contributed by atoms with E-state index in [1.165, 1.54) is 17.9 Å². The quantitative estimate of drug-likeness (QED) is 0.450. The Morgan fingerprint density at radius 3 is 2.52 bits per heavy atom. The van der Waals surface area contributed by atoms with Crippen molar-refractivity contribution in [3.63, 3.8) is 0 Å². The maximum atomic E-state index is 14.7. The summed E-state index contributed by atoms with van der Waals surface area (Å²) in [6.07, 6.45) is -4.89. The van der Waals surface area contributed by atoms with E-state index < -0.39 is 34.2 Å². The summed E-state index contributed by atoms with van der Waals surface area (Å²) in [7, 11) is 1.42. The Bertz CT molecular complexity index is 1090. The highest BCUT2D eigenvalue weighted by Crippen LogP contribution is 2.35. The molecule has 1 heterocycles. The first-order valence-electron chi connectivity index (χ1n) is 8.81. The number of fused-ring (bicyclic) bond motifs is 1. The summed E-state index contributed by atoms with van der Waals surface area (Å²) in [5.74, 6) is -1.18. The molecule has 154 valence electrons. The summed E-state index contributed by atoms with van der Waals surface area (Å²) in [5, 5.41) is 4.33. The second-order valence-corrected chi connectivity index (χ2v) is 6.12. The molecule has 29 heavy (non-hydrogen) atoms. The van der Waals surface area contributed by atoms with Crippen molar-refractivity contribution in [2.45, 2.75) is 19.6 Å². The van der Waals surface area contributed by atoms with Crippen LogP contribution in [0.1, 0.15) is 12.5 Å². The zero-order valence-electron chi connectivity index (χ0n) is 15.7. The van der Waals surface area contributed by atoms with Gasteiger partial charge < -0.3 is 9.47 Å². The minimum atomic E-state index is -4.89. The van der Waals surface area contributed by atoms with Gasteiger partial charge in [-0.25, -0.2) is 4.39 Å². The molecule has 0 bridgehead atoms. The largest absolute Gasteiger partial charge is 0.494 e. The summed E-state index contributed by atoms with van der Waals surface area (Å²) in [4.78, 5) is 13.0. The molecule has 0 spiro atoms. The maximum absolute atomic E-state index is 14.7. The smallest absolute Gasteiger partial charge is 0.419 e. The first kappa shape index (κ1) is 20.8. The van der Waals surface area contributed by atoms with Gasteiger partial charge in [0.15, 0.2) is 0 Å². The van der Waals surface area contributed by atoms with Crippen LogP contribution in [-0.2, 0) is 17.5 Å². The van der Waals surface area contributed by atoms with Crippen LogP contribution in [0, 0.1) is 5.82 Å². The lowest BCUT2D eigenvalue weighted by atomic mass is 10.0. The topological polar surface area (TPSA) is 53.4 Å². The summed E-state index contributed by atoms with van der Waals surface area (Å²) < 4.78 is 66.0. The van der Waals surface area contributed by atoms with Gasteiger partial charge in [0.2, 0.25) is 5.43 Å². The third-order valence-electron chi connectivity index (χ3n) is 4.37. The van der Waals surface area contributed by atoms with Gasteiger partial charge in [-0.05, 0) is 31.2 Å². The Kier molecular flexibility index (Phi) is 5.88. The molecule has 3 aromatic rings. The van der Waals surface area contributed by atoms with E-state index in [2.05, 4.69) is 5.10 Å². The molecule has 0 fully saturated rings. The second-order valence-electron chi connectivity index (χ2n) is 6.12. The standard InChI is InChI=1S/C20H18F4N2O3/c1-3-29-11-10-26-18-13(7-5-9-15(18)28-2)19(27)17(25-26)12-6-4-8-14(16(12)21)20(22,23)24/h4-9H,3,10-11H2,1-2H3. The predicted molar refractivity (Wildman–Crippen MR) is 99.4 cm³/mol. The molecule has 0 aliphatic rings. The SMILES string of the molecule is CCOCCn1nc(-c2cccc(C(F)(F)F)c2F)c(=O)c2cccc(OC)c21. The average Bonchev–Trinajstić information content (AvgIpc) is 2.69. The summed E-state index contributed by atoms with van der Waals surface area (Å²) in [6, 6.07) is 7.47. The second kappa shape index (κ2) is 8.20. The van der Waals surface area contributed by atoms with Gasteiger partial charge in [-0.2, -0.15) is 18.3 Å². The van der Waals surface area contributed by atoms with E-state index in [4.69, 9.17) is 9.47 Å². The first-order chi connectivity index (χ1) is 13.8. The molecule has 0 atom stereocenters. The summed E-state index contributed by atoms with van der Waals surface area (Å²) >= 11 is 0. The van der Waals surface area contributed by atoms with Gasteiger partial charge in [0.05, 0.1) is 31.2 Å². The minimum Gasteiger partial charge on any atom is -0.494 e. The number of para-hydroxylation sites is 1. The van der Waals surface area contributed by atoms with Gasteiger partial charge >= 0.3 is 6.18 Å². The Balaban J connectivity index is 2.30. The number of ether oxygens (including phenoxy) is 2. The van der Waals surface area contributed by atoms with Gasteiger partial charge in [0, 0.05) is 12.2 Å².